The molecule has 0 bridgehead atoms. The highest BCUT2D eigenvalue weighted by atomic mass is 16.2. The molecule has 1 aliphatic carbocycles. The maximum absolute atomic E-state index is 11.5. The summed E-state index contributed by atoms with van der Waals surface area (Å²) in [6.45, 7) is 0. The van der Waals surface area contributed by atoms with Crippen molar-refractivity contribution in [1.82, 2.24) is 10.9 Å². The monoisotopic (exact) mass is 256 g/mol. The van der Waals surface area contributed by atoms with Crippen LogP contribution < -0.4 is 22.5 Å². The molecular weight excluding hydrogens is 232 g/mol. The average molecular weight is 256 g/mol. The predicted molar refractivity (Wildman–Crippen MR) is 68.6 cm³/mol. The molecule has 0 spiro atoms. The molecule has 0 unspecified atom stereocenters. The van der Waals surface area contributed by atoms with Crippen LogP contribution in [0.3, 0.4) is 0 Å². The first-order valence-electron chi connectivity index (χ1n) is 6.70. The SMILES string of the molecule is NNC(=O)C1CCCCC(C(=O)NN)CCCC1. The smallest absolute Gasteiger partial charge is 0.236 e. The Balaban J connectivity index is 2.45. The first-order chi connectivity index (χ1) is 8.69. The second kappa shape index (κ2) is 8.05. The summed E-state index contributed by atoms with van der Waals surface area (Å²) in [5.74, 6) is 10.3. The molecular formula is C12H24N4O2. The number of nitrogens with two attached hydrogens (primary N) is 2. The van der Waals surface area contributed by atoms with Crippen LogP contribution in [0.2, 0.25) is 0 Å². The van der Waals surface area contributed by atoms with Gasteiger partial charge in [-0.1, -0.05) is 25.7 Å². The minimum atomic E-state index is -0.0631. The molecule has 1 aliphatic rings. The molecule has 0 heterocycles. The van der Waals surface area contributed by atoms with Crippen LogP contribution in [0.15, 0.2) is 0 Å². The highest BCUT2D eigenvalue weighted by Crippen LogP contribution is 2.24. The van der Waals surface area contributed by atoms with Gasteiger partial charge in [0.1, 0.15) is 0 Å². The Morgan fingerprint density at radius 3 is 1.22 bits per heavy atom. The first kappa shape index (κ1) is 14.9. The van der Waals surface area contributed by atoms with Crippen LogP contribution >= 0.6 is 0 Å². The number of rotatable bonds is 2. The van der Waals surface area contributed by atoms with Crippen molar-refractivity contribution in [1.29, 1.82) is 0 Å². The molecule has 0 aromatic heterocycles. The largest absolute Gasteiger partial charge is 0.294 e. The van der Waals surface area contributed by atoms with Gasteiger partial charge >= 0.3 is 0 Å². The van der Waals surface area contributed by atoms with Crippen LogP contribution in [0.4, 0.5) is 0 Å². The van der Waals surface area contributed by atoms with Gasteiger partial charge in [-0.2, -0.15) is 0 Å². The van der Waals surface area contributed by atoms with Crippen molar-refractivity contribution in [3.05, 3.63) is 0 Å². The second-order valence-electron chi connectivity index (χ2n) is 4.98. The molecule has 1 saturated carbocycles. The summed E-state index contributed by atoms with van der Waals surface area (Å²) >= 11 is 0. The van der Waals surface area contributed by atoms with E-state index in [0.29, 0.717) is 0 Å². The van der Waals surface area contributed by atoms with E-state index in [9.17, 15) is 9.59 Å². The number of hydrogen-bond donors (Lipinski definition) is 4. The minimum absolute atomic E-state index is 0.0230. The fourth-order valence-electron chi connectivity index (χ4n) is 2.61. The van der Waals surface area contributed by atoms with Gasteiger partial charge in [-0.3, -0.25) is 20.4 Å². The molecule has 6 N–H and O–H groups in total. The van der Waals surface area contributed by atoms with Gasteiger partial charge in [0, 0.05) is 11.8 Å². The van der Waals surface area contributed by atoms with E-state index in [1.54, 1.807) is 0 Å². The highest BCUT2D eigenvalue weighted by Gasteiger charge is 2.21. The van der Waals surface area contributed by atoms with Crippen LogP contribution in [0.25, 0.3) is 0 Å². The molecule has 0 aromatic carbocycles. The van der Waals surface area contributed by atoms with E-state index < -0.39 is 0 Å². The molecule has 6 heteroatoms. The standard InChI is InChI=1S/C12H24N4O2/c13-15-11(17)9-5-1-2-6-10(12(18)16-14)8-4-3-7-9/h9-10H,1-8,13-14H2,(H,15,17)(H,16,18). The average Bonchev–Trinajstić information content (AvgIpc) is 2.42. The van der Waals surface area contributed by atoms with E-state index in [4.69, 9.17) is 11.7 Å². The maximum atomic E-state index is 11.5. The van der Waals surface area contributed by atoms with Crippen molar-refractivity contribution >= 4 is 11.8 Å². The Hall–Kier alpha value is -1.14. The third-order valence-corrected chi connectivity index (χ3v) is 3.74. The zero-order valence-corrected chi connectivity index (χ0v) is 10.8. The molecule has 2 amide bonds. The van der Waals surface area contributed by atoms with E-state index in [-0.39, 0.29) is 23.7 Å². The normalized spacial score (nSPS) is 26.1. The molecule has 0 radical (unpaired) electrons. The molecule has 6 nitrogen and oxygen atoms in total. The third kappa shape index (κ3) is 4.62. The molecule has 0 atom stereocenters. The number of hydrazine groups is 2. The summed E-state index contributed by atoms with van der Waals surface area (Å²) < 4.78 is 0. The molecule has 104 valence electrons. The van der Waals surface area contributed by atoms with Gasteiger partial charge < -0.3 is 0 Å². The van der Waals surface area contributed by atoms with Gasteiger partial charge in [-0.05, 0) is 25.7 Å². The summed E-state index contributed by atoms with van der Waals surface area (Å²) in [5.41, 5.74) is 4.47. The van der Waals surface area contributed by atoms with Crippen molar-refractivity contribution in [2.24, 2.45) is 23.5 Å². The topological polar surface area (TPSA) is 110 Å². The van der Waals surface area contributed by atoms with Gasteiger partial charge in [0.2, 0.25) is 11.8 Å². The van der Waals surface area contributed by atoms with E-state index in [1.807, 2.05) is 0 Å². The van der Waals surface area contributed by atoms with Crippen molar-refractivity contribution in [3.8, 4) is 0 Å². The van der Waals surface area contributed by atoms with Crippen molar-refractivity contribution in [3.63, 3.8) is 0 Å². The number of carbonyl (C=O) groups excluding carboxylic acids is 2. The summed E-state index contributed by atoms with van der Waals surface area (Å²) in [6, 6.07) is 0. The Labute approximate surface area is 108 Å². The zero-order valence-electron chi connectivity index (χ0n) is 10.8. The summed E-state index contributed by atoms with van der Waals surface area (Å²) in [5, 5.41) is 0. The van der Waals surface area contributed by atoms with Crippen LogP contribution in [0.1, 0.15) is 51.4 Å². The van der Waals surface area contributed by atoms with Crippen molar-refractivity contribution in [2.75, 3.05) is 0 Å². The summed E-state index contributed by atoms with van der Waals surface area (Å²) in [7, 11) is 0. The van der Waals surface area contributed by atoms with E-state index in [1.165, 1.54) is 0 Å². The van der Waals surface area contributed by atoms with Crippen LogP contribution in [0, 0.1) is 11.8 Å². The number of nitrogens with one attached hydrogen (secondary N) is 2. The predicted octanol–water partition coefficient (Wildman–Crippen LogP) is 0.333. The van der Waals surface area contributed by atoms with Crippen molar-refractivity contribution < 1.29 is 9.59 Å². The second-order valence-corrected chi connectivity index (χ2v) is 4.98. The molecule has 1 rings (SSSR count). The third-order valence-electron chi connectivity index (χ3n) is 3.74. The Kier molecular flexibility index (Phi) is 6.67. The van der Waals surface area contributed by atoms with Crippen LogP contribution in [-0.4, -0.2) is 11.8 Å². The van der Waals surface area contributed by atoms with E-state index >= 15 is 0 Å². The summed E-state index contributed by atoms with van der Waals surface area (Å²) in [4.78, 5) is 23.1. The van der Waals surface area contributed by atoms with E-state index in [2.05, 4.69) is 10.9 Å². The quantitative estimate of drug-likeness (QED) is 0.324. The first-order valence-corrected chi connectivity index (χ1v) is 6.70. The van der Waals surface area contributed by atoms with E-state index in [0.717, 1.165) is 51.4 Å². The van der Waals surface area contributed by atoms with Gasteiger partial charge in [-0.15, -0.1) is 0 Å². The molecule has 1 fully saturated rings. The van der Waals surface area contributed by atoms with Gasteiger partial charge in [0.15, 0.2) is 0 Å². The lowest BCUT2D eigenvalue weighted by Gasteiger charge is -2.20. The number of carbonyl (C=O) groups is 2. The molecule has 0 aliphatic heterocycles. The fraction of sp³-hybridized carbons (Fsp3) is 0.833. The number of hydrogen-bond acceptors (Lipinski definition) is 4. The lowest BCUT2D eigenvalue weighted by molar-refractivity contribution is -0.127. The Morgan fingerprint density at radius 1 is 0.722 bits per heavy atom. The van der Waals surface area contributed by atoms with Gasteiger partial charge in [-0.25, -0.2) is 11.7 Å². The van der Waals surface area contributed by atoms with Gasteiger partial charge in [0.25, 0.3) is 0 Å². The fourth-order valence-corrected chi connectivity index (χ4v) is 2.61. The van der Waals surface area contributed by atoms with Gasteiger partial charge in [0.05, 0.1) is 0 Å². The lowest BCUT2D eigenvalue weighted by atomic mass is 9.87. The highest BCUT2D eigenvalue weighted by molar-refractivity contribution is 5.78. The molecule has 0 saturated heterocycles. The van der Waals surface area contributed by atoms with Crippen molar-refractivity contribution in [2.45, 2.75) is 51.4 Å². The Morgan fingerprint density at radius 2 is 1.00 bits per heavy atom. The lowest BCUT2D eigenvalue weighted by Crippen LogP contribution is -2.37. The molecule has 18 heavy (non-hydrogen) atoms. The minimum Gasteiger partial charge on any atom is -0.294 e. The number of amides is 2. The molecule has 0 aromatic rings. The zero-order chi connectivity index (χ0) is 13.4. The summed E-state index contributed by atoms with van der Waals surface area (Å²) in [6.07, 6.45) is 7.19. The van der Waals surface area contributed by atoms with Crippen LogP contribution in [0.5, 0.6) is 0 Å². The Bertz CT molecular complexity index is 243. The van der Waals surface area contributed by atoms with Crippen LogP contribution in [-0.2, 0) is 9.59 Å². The maximum Gasteiger partial charge on any atom is 0.236 e.